The van der Waals surface area contributed by atoms with E-state index in [0.29, 0.717) is 11.1 Å². The quantitative estimate of drug-likeness (QED) is 0.892. The molecule has 110 valence electrons. The Morgan fingerprint density at radius 2 is 2.10 bits per heavy atom. The predicted octanol–water partition coefficient (Wildman–Crippen LogP) is 2.86. The normalized spacial score (nSPS) is 11.7. The lowest BCUT2D eigenvalue weighted by atomic mass is 10.1. The lowest BCUT2D eigenvalue weighted by Gasteiger charge is -2.19. The SMILES string of the molecule is CC(C)(C)OC(=O)NCC=Cc1cc(F)cc(CO)c1. The third kappa shape index (κ3) is 6.33. The van der Waals surface area contributed by atoms with Gasteiger partial charge in [0.15, 0.2) is 0 Å². The van der Waals surface area contributed by atoms with E-state index in [1.54, 1.807) is 39.0 Å². The highest BCUT2D eigenvalue weighted by molar-refractivity contribution is 5.68. The van der Waals surface area contributed by atoms with E-state index < -0.39 is 17.5 Å². The number of hydrogen-bond donors (Lipinski definition) is 2. The Morgan fingerprint density at radius 3 is 2.70 bits per heavy atom. The maximum Gasteiger partial charge on any atom is 0.407 e. The van der Waals surface area contributed by atoms with E-state index in [4.69, 9.17) is 9.84 Å². The summed E-state index contributed by atoms with van der Waals surface area (Å²) >= 11 is 0. The number of carbonyl (C=O) groups is 1. The molecule has 0 radical (unpaired) electrons. The van der Waals surface area contributed by atoms with E-state index >= 15 is 0 Å². The van der Waals surface area contributed by atoms with E-state index in [0.717, 1.165) is 0 Å². The van der Waals surface area contributed by atoms with Crippen LogP contribution >= 0.6 is 0 Å². The number of aliphatic hydroxyl groups is 1. The molecular formula is C15H20FNO3. The van der Waals surface area contributed by atoms with Crippen molar-refractivity contribution in [2.75, 3.05) is 6.54 Å². The first-order chi connectivity index (χ1) is 9.30. The zero-order valence-corrected chi connectivity index (χ0v) is 11.9. The molecule has 0 heterocycles. The van der Waals surface area contributed by atoms with Crippen molar-refractivity contribution in [1.29, 1.82) is 0 Å². The van der Waals surface area contributed by atoms with Gasteiger partial charge in [-0.25, -0.2) is 9.18 Å². The number of amides is 1. The van der Waals surface area contributed by atoms with Crippen LogP contribution in [0.1, 0.15) is 31.9 Å². The highest BCUT2D eigenvalue weighted by Crippen LogP contribution is 2.11. The lowest BCUT2D eigenvalue weighted by Crippen LogP contribution is -2.32. The van der Waals surface area contributed by atoms with Gasteiger partial charge in [0.2, 0.25) is 0 Å². The molecule has 0 atom stereocenters. The minimum absolute atomic E-state index is 0.214. The smallest absolute Gasteiger partial charge is 0.407 e. The number of aliphatic hydroxyl groups excluding tert-OH is 1. The number of nitrogens with one attached hydrogen (secondary N) is 1. The molecule has 1 aromatic rings. The van der Waals surface area contributed by atoms with Crippen molar-refractivity contribution < 1.29 is 19.0 Å². The number of halogens is 1. The van der Waals surface area contributed by atoms with Crippen LogP contribution in [0.3, 0.4) is 0 Å². The van der Waals surface area contributed by atoms with Crippen molar-refractivity contribution in [1.82, 2.24) is 5.32 Å². The van der Waals surface area contributed by atoms with Gasteiger partial charge in [0.1, 0.15) is 11.4 Å². The number of rotatable bonds is 4. The minimum atomic E-state index is -0.535. The molecule has 1 aromatic carbocycles. The first-order valence-electron chi connectivity index (χ1n) is 6.34. The van der Waals surface area contributed by atoms with Crippen LogP contribution in [0.2, 0.25) is 0 Å². The van der Waals surface area contributed by atoms with Crippen molar-refractivity contribution in [3.63, 3.8) is 0 Å². The zero-order chi connectivity index (χ0) is 15.2. The van der Waals surface area contributed by atoms with Crippen LogP contribution in [0.25, 0.3) is 6.08 Å². The molecule has 4 nitrogen and oxygen atoms in total. The van der Waals surface area contributed by atoms with Gasteiger partial charge in [-0.15, -0.1) is 0 Å². The Bertz CT molecular complexity index is 492. The van der Waals surface area contributed by atoms with Crippen molar-refractivity contribution in [2.45, 2.75) is 33.0 Å². The second-order valence-corrected chi connectivity index (χ2v) is 5.34. The molecule has 0 aliphatic rings. The topological polar surface area (TPSA) is 58.6 Å². The van der Waals surface area contributed by atoms with Gasteiger partial charge in [0, 0.05) is 6.54 Å². The molecule has 0 spiro atoms. The second-order valence-electron chi connectivity index (χ2n) is 5.34. The van der Waals surface area contributed by atoms with Crippen LogP contribution in [0.5, 0.6) is 0 Å². The Morgan fingerprint density at radius 1 is 1.40 bits per heavy atom. The summed E-state index contributed by atoms with van der Waals surface area (Å²) < 4.78 is 18.3. The lowest BCUT2D eigenvalue weighted by molar-refractivity contribution is 0.0534. The van der Waals surface area contributed by atoms with E-state index in [1.165, 1.54) is 12.1 Å². The van der Waals surface area contributed by atoms with Crippen molar-refractivity contribution in [3.8, 4) is 0 Å². The third-order valence-corrected chi connectivity index (χ3v) is 2.24. The Hall–Kier alpha value is -1.88. The summed E-state index contributed by atoms with van der Waals surface area (Å²) in [5, 5.41) is 11.5. The number of ether oxygens (including phenoxy) is 1. The molecule has 0 aliphatic heterocycles. The fourth-order valence-corrected chi connectivity index (χ4v) is 1.51. The standard InChI is InChI=1S/C15H20FNO3/c1-15(2,3)20-14(19)17-6-4-5-11-7-12(10-18)9-13(16)8-11/h4-5,7-9,18H,6,10H2,1-3H3,(H,17,19). The maximum atomic E-state index is 13.2. The van der Waals surface area contributed by atoms with Gasteiger partial charge in [0.25, 0.3) is 0 Å². The van der Waals surface area contributed by atoms with Crippen LogP contribution < -0.4 is 5.32 Å². The molecule has 0 bridgehead atoms. The minimum Gasteiger partial charge on any atom is -0.444 e. The average molecular weight is 281 g/mol. The number of hydrogen-bond acceptors (Lipinski definition) is 3. The molecule has 0 saturated heterocycles. The summed E-state index contributed by atoms with van der Waals surface area (Å²) in [5.74, 6) is -0.406. The van der Waals surface area contributed by atoms with Gasteiger partial charge < -0.3 is 15.2 Å². The van der Waals surface area contributed by atoms with E-state index in [-0.39, 0.29) is 13.2 Å². The number of alkyl carbamates (subject to hydrolysis) is 1. The number of benzene rings is 1. The molecule has 1 amide bonds. The van der Waals surface area contributed by atoms with E-state index in [1.807, 2.05) is 0 Å². The monoisotopic (exact) mass is 281 g/mol. The van der Waals surface area contributed by atoms with Crippen molar-refractivity contribution in [3.05, 3.63) is 41.2 Å². The summed E-state index contributed by atoms with van der Waals surface area (Å²) in [4.78, 5) is 11.4. The van der Waals surface area contributed by atoms with Crippen LogP contribution in [-0.2, 0) is 11.3 Å². The fraction of sp³-hybridized carbons (Fsp3) is 0.400. The maximum absolute atomic E-state index is 13.2. The molecule has 0 aromatic heterocycles. The molecule has 20 heavy (non-hydrogen) atoms. The molecular weight excluding hydrogens is 261 g/mol. The molecule has 0 saturated carbocycles. The van der Waals surface area contributed by atoms with Crippen LogP contribution in [-0.4, -0.2) is 23.3 Å². The van der Waals surface area contributed by atoms with Gasteiger partial charge in [-0.1, -0.05) is 12.2 Å². The molecule has 2 N–H and O–H groups in total. The first-order valence-corrected chi connectivity index (χ1v) is 6.34. The van der Waals surface area contributed by atoms with Crippen molar-refractivity contribution in [2.24, 2.45) is 0 Å². The van der Waals surface area contributed by atoms with Gasteiger partial charge in [0.05, 0.1) is 6.61 Å². The van der Waals surface area contributed by atoms with Crippen LogP contribution in [0, 0.1) is 5.82 Å². The highest BCUT2D eigenvalue weighted by atomic mass is 19.1. The van der Waals surface area contributed by atoms with Crippen LogP contribution in [0.15, 0.2) is 24.3 Å². The Labute approximate surface area is 118 Å². The summed E-state index contributed by atoms with van der Waals surface area (Å²) in [6.07, 6.45) is 2.84. The van der Waals surface area contributed by atoms with Gasteiger partial charge in [-0.2, -0.15) is 0 Å². The zero-order valence-electron chi connectivity index (χ0n) is 11.9. The second kappa shape index (κ2) is 7.05. The number of carbonyl (C=O) groups excluding carboxylic acids is 1. The molecule has 0 fully saturated rings. The largest absolute Gasteiger partial charge is 0.444 e. The Balaban J connectivity index is 2.49. The molecule has 0 unspecified atom stereocenters. The third-order valence-electron chi connectivity index (χ3n) is 2.24. The van der Waals surface area contributed by atoms with E-state index in [2.05, 4.69) is 5.32 Å². The van der Waals surface area contributed by atoms with Gasteiger partial charge in [-0.05, 0) is 50.1 Å². The fourth-order valence-electron chi connectivity index (χ4n) is 1.51. The summed E-state index contributed by atoms with van der Waals surface area (Å²) in [5.41, 5.74) is 0.594. The summed E-state index contributed by atoms with van der Waals surface area (Å²) in [7, 11) is 0. The molecule has 5 heteroatoms. The molecule has 0 aliphatic carbocycles. The van der Waals surface area contributed by atoms with Crippen LogP contribution in [0.4, 0.5) is 9.18 Å². The molecule has 1 rings (SSSR count). The van der Waals surface area contributed by atoms with Crippen molar-refractivity contribution >= 4 is 12.2 Å². The van der Waals surface area contributed by atoms with Gasteiger partial charge in [-0.3, -0.25) is 0 Å². The summed E-state index contributed by atoms with van der Waals surface area (Å²) in [6, 6.07) is 4.30. The average Bonchev–Trinajstić information content (AvgIpc) is 2.32. The predicted molar refractivity (Wildman–Crippen MR) is 75.6 cm³/mol. The summed E-state index contributed by atoms with van der Waals surface area (Å²) in [6.45, 7) is 5.41. The first kappa shape index (κ1) is 16.2. The van der Waals surface area contributed by atoms with Gasteiger partial charge >= 0.3 is 6.09 Å². The van der Waals surface area contributed by atoms with E-state index in [9.17, 15) is 9.18 Å². The highest BCUT2D eigenvalue weighted by Gasteiger charge is 2.14. The Kier molecular flexibility index (Phi) is 5.70.